The zero-order valence-electron chi connectivity index (χ0n) is 16.2. The van der Waals surface area contributed by atoms with E-state index in [2.05, 4.69) is 11.4 Å². The van der Waals surface area contributed by atoms with Gasteiger partial charge in [0.25, 0.3) is 15.9 Å². The monoisotopic (exact) mass is 400 g/mol. The van der Waals surface area contributed by atoms with Crippen LogP contribution in [0.3, 0.4) is 0 Å². The second-order valence-electron chi connectivity index (χ2n) is 7.02. The standard InChI is InChI=1S/C21H24N2O4S/c1-4-18(16-10-9-14(2)13-15(16)3)22-20(24)11-12-23-21(25)17-7-5-6-8-19(17)28(23,26)27/h5-10,13,18H,4,11-12H2,1-3H3,(H,22,24)/t18-/m1/s1. The second-order valence-corrected chi connectivity index (χ2v) is 8.85. The molecule has 28 heavy (non-hydrogen) atoms. The summed E-state index contributed by atoms with van der Waals surface area (Å²) in [5, 5.41) is 2.96. The SMILES string of the molecule is CC[C@@H](NC(=O)CCN1C(=O)c2ccccc2S1(=O)=O)c1ccc(C)cc1C. The number of hydrogen-bond acceptors (Lipinski definition) is 4. The van der Waals surface area contributed by atoms with Gasteiger partial charge in [-0.2, -0.15) is 0 Å². The summed E-state index contributed by atoms with van der Waals surface area (Å²) in [6, 6.07) is 12.0. The number of carbonyl (C=O) groups is 2. The molecule has 6 nitrogen and oxygen atoms in total. The van der Waals surface area contributed by atoms with E-state index in [1.54, 1.807) is 12.1 Å². The number of fused-ring (bicyclic) bond motifs is 1. The van der Waals surface area contributed by atoms with Gasteiger partial charge in [-0.1, -0.05) is 42.8 Å². The predicted molar refractivity (Wildman–Crippen MR) is 106 cm³/mol. The highest BCUT2D eigenvalue weighted by atomic mass is 32.2. The molecule has 1 N–H and O–H groups in total. The number of carbonyl (C=O) groups excluding carboxylic acids is 2. The van der Waals surface area contributed by atoms with Crippen molar-refractivity contribution >= 4 is 21.8 Å². The Hall–Kier alpha value is -2.67. The van der Waals surface area contributed by atoms with Gasteiger partial charge in [-0.3, -0.25) is 9.59 Å². The molecule has 148 valence electrons. The van der Waals surface area contributed by atoms with E-state index in [0.717, 1.165) is 21.0 Å². The van der Waals surface area contributed by atoms with E-state index in [1.165, 1.54) is 12.1 Å². The molecule has 0 aromatic heterocycles. The zero-order valence-corrected chi connectivity index (χ0v) is 17.0. The maximum absolute atomic E-state index is 12.6. The minimum Gasteiger partial charge on any atom is -0.349 e. The maximum atomic E-state index is 12.6. The summed E-state index contributed by atoms with van der Waals surface area (Å²) in [6.07, 6.45) is 0.627. The largest absolute Gasteiger partial charge is 0.349 e. The number of sulfonamides is 1. The van der Waals surface area contributed by atoms with Crippen LogP contribution < -0.4 is 5.32 Å². The van der Waals surface area contributed by atoms with E-state index in [4.69, 9.17) is 0 Å². The first-order valence-corrected chi connectivity index (χ1v) is 10.7. The maximum Gasteiger partial charge on any atom is 0.269 e. The van der Waals surface area contributed by atoms with Gasteiger partial charge in [-0.05, 0) is 43.5 Å². The summed E-state index contributed by atoms with van der Waals surface area (Å²) in [7, 11) is -3.89. The summed E-state index contributed by atoms with van der Waals surface area (Å²) < 4.78 is 25.9. The molecule has 7 heteroatoms. The fourth-order valence-electron chi connectivity index (χ4n) is 3.54. The average molecular weight is 401 g/mol. The molecule has 2 amide bonds. The highest BCUT2D eigenvalue weighted by molar-refractivity contribution is 7.90. The third-order valence-corrected chi connectivity index (χ3v) is 6.84. The highest BCUT2D eigenvalue weighted by Gasteiger charge is 2.40. The number of hydrogen-bond donors (Lipinski definition) is 1. The van der Waals surface area contributed by atoms with Crippen LogP contribution in [0, 0.1) is 13.8 Å². The van der Waals surface area contributed by atoms with Crippen molar-refractivity contribution in [1.29, 1.82) is 0 Å². The Morgan fingerprint density at radius 3 is 2.50 bits per heavy atom. The molecule has 0 fully saturated rings. The Labute approximate surface area is 165 Å². The van der Waals surface area contributed by atoms with E-state index in [-0.39, 0.29) is 35.4 Å². The molecule has 0 unspecified atom stereocenters. The van der Waals surface area contributed by atoms with Crippen molar-refractivity contribution in [2.45, 2.75) is 44.6 Å². The summed E-state index contributed by atoms with van der Waals surface area (Å²) in [5.41, 5.74) is 3.45. The minimum atomic E-state index is -3.89. The van der Waals surface area contributed by atoms with Gasteiger partial charge in [0.05, 0.1) is 11.6 Å². The van der Waals surface area contributed by atoms with Crippen LogP contribution in [0.4, 0.5) is 0 Å². The van der Waals surface area contributed by atoms with Gasteiger partial charge in [0.1, 0.15) is 4.90 Å². The quantitative estimate of drug-likeness (QED) is 0.808. The molecule has 2 aromatic rings. The van der Waals surface area contributed by atoms with Crippen LogP contribution in [0.2, 0.25) is 0 Å². The van der Waals surface area contributed by atoms with Gasteiger partial charge in [0.2, 0.25) is 5.91 Å². The molecule has 0 spiro atoms. The van der Waals surface area contributed by atoms with Crippen molar-refractivity contribution in [1.82, 2.24) is 9.62 Å². The topological polar surface area (TPSA) is 83.6 Å². The number of nitrogens with zero attached hydrogens (tertiary/aromatic N) is 1. The first-order valence-electron chi connectivity index (χ1n) is 9.28. The Morgan fingerprint density at radius 1 is 1.14 bits per heavy atom. The molecular weight excluding hydrogens is 376 g/mol. The van der Waals surface area contributed by atoms with E-state index in [0.29, 0.717) is 6.42 Å². The molecule has 1 aliphatic rings. The van der Waals surface area contributed by atoms with E-state index in [1.807, 2.05) is 32.9 Å². The molecule has 0 aliphatic carbocycles. The van der Waals surface area contributed by atoms with Gasteiger partial charge >= 0.3 is 0 Å². The average Bonchev–Trinajstić information content (AvgIpc) is 2.85. The van der Waals surface area contributed by atoms with Gasteiger partial charge in [-0.15, -0.1) is 0 Å². The number of benzene rings is 2. The third-order valence-electron chi connectivity index (χ3n) is 5.00. The van der Waals surface area contributed by atoms with Crippen LogP contribution in [-0.2, 0) is 14.8 Å². The smallest absolute Gasteiger partial charge is 0.269 e. The van der Waals surface area contributed by atoms with E-state index < -0.39 is 15.9 Å². The van der Waals surface area contributed by atoms with Crippen molar-refractivity contribution in [3.8, 4) is 0 Å². The number of aryl methyl sites for hydroxylation is 2. The van der Waals surface area contributed by atoms with Crippen LogP contribution in [0.25, 0.3) is 0 Å². The zero-order chi connectivity index (χ0) is 20.5. The molecule has 2 aromatic carbocycles. The highest BCUT2D eigenvalue weighted by Crippen LogP contribution is 2.30. The lowest BCUT2D eigenvalue weighted by molar-refractivity contribution is -0.121. The normalized spacial score (nSPS) is 16.0. The lowest BCUT2D eigenvalue weighted by Gasteiger charge is -2.21. The van der Waals surface area contributed by atoms with Gasteiger partial charge in [0.15, 0.2) is 0 Å². The molecule has 0 saturated carbocycles. The van der Waals surface area contributed by atoms with Crippen LogP contribution in [0.15, 0.2) is 47.4 Å². The third kappa shape index (κ3) is 3.67. The first-order chi connectivity index (χ1) is 13.3. The number of nitrogens with one attached hydrogen (secondary N) is 1. The van der Waals surface area contributed by atoms with Crippen LogP contribution in [0.1, 0.15) is 52.9 Å². The van der Waals surface area contributed by atoms with Gasteiger partial charge in [-0.25, -0.2) is 12.7 Å². The molecule has 1 aliphatic heterocycles. The number of rotatable bonds is 6. The van der Waals surface area contributed by atoms with Gasteiger partial charge in [0, 0.05) is 13.0 Å². The van der Waals surface area contributed by atoms with Crippen LogP contribution >= 0.6 is 0 Å². The van der Waals surface area contributed by atoms with Crippen LogP contribution in [-0.4, -0.2) is 31.1 Å². The Bertz CT molecular complexity index is 1030. The lowest BCUT2D eigenvalue weighted by atomic mass is 9.97. The Kier molecular flexibility index (Phi) is 5.56. The molecule has 3 rings (SSSR count). The lowest BCUT2D eigenvalue weighted by Crippen LogP contribution is -2.35. The van der Waals surface area contributed by atoms with Crippen molar-refractivity contribution in [3.63, 3.8) is 0 Å². The summed E-state index contributed by atoms with van der Waals surface area (Å²) in [5.74, 6) is -0.865. The number of amides is 2. The predicted octanol–water partition coefficient (Wildman–Crippen LogP) is 3.11. The molecule has 1 atom stereocenters. The summed E-state index contributed by atoms with van der Waals surface area (Å²) in [4.78, 5) is 24.9. The molecule has 0 saturated heterocycles. The molecule has 0 radical (unpaired) electrons. The van der Waals surface area contributed by atoms with Crippen molar-refractivity contribution in [2.24, 2.45) is 0 Å². The van der Waals surface area contributed by atoms with Crippen molar-refractivity contribution in [3.05, 3.63) is 64.7 Å². The fourth-order valence-corrected chi connectivity index (χ4v) is 5.11. The molecule has 1 heterocycles. The van der Waals surface area contributed by atoms with E-state index in [9.17, 15) is 18.0 Å². The van der Waals surface area contributed by atoms with Gasteiger partial charge < -0.3 is 5.32 Å². The van der Waals surface area contributed by atoms with Crippen molar-refractivity contribution in [2.75, 3.05) is 6.54 Å². The van der Waals surface area contributed by atoms with Crippen molar-refractivity contribution < 1.29 is 18.0 Å². The first kappa shape index (κ1) is 20.1. The minimum absolute atomic E-state index is 0.00197. The van der Waals surface area contributed by atoms with E-state index >= 15 is 0 Å². The Balaban J connectivity index is 1.68. The fraction of sp³-hybridized carbons (Fsp3) is 0.333. The Morgan fingerprint density at radius 2 is 1.86 bits per heavy atom. The molecule has 0 bridgehead atoms. The summed E-state index contributed by atoms with van der Waals surface area (Å²) >= 11 is 0. The molecular formula is C21H24N2O4S. The second kappa shape index (κ2) is 7.75. The summed E-state index contributed by atoms with van der Waals surface area (Å²) in [6.45, 7) is 5.83. The van der Waals surface area contributed by atoms with Crippen LogP contribution in [0.5, 0.6) is 0 Å².